The molecular formula is C4H11NO. The summed E-state index contributed by atoms with van der Waals surface area (Å²) in [6, 6.07) is 0. The van der Waals surface area contributed by atoms with Gasteiger partial charge in [-0.1, -0.05) is 0 Å². The summed E-state index contributed by atoms with van der Waals surface area (Å²) in [7, 11) is 1.58. The van der Waals surface area contributed by atoms with Gasteiger partial charge in [0.15, 0.2) is 0 Å². The van der Waals surface area contributed by atoms with Crippen LogP contribution in [-0.4, -0.2) is 12.8 Å². The molecule has 2 heteroatoms. The molecule has 38 valence electrons. The molecule has 2 nitrogen and oxygen atoms in total. The van der Waals surface area contributed by atoms with Crippen LogP contribution < -0.4 is 5.73 Å². The molecule has 2 N–H and O–H groups in total. The Kier molecular flexibility index (Phi) is 1.56. The maximum atomic E-state index is 5.31. The van der Waals surface area contributed by atoms with E-state index in [4.69, 9.17) is 10.5 Å². The fourth-order valence-electron chi connectivity index (χ4n) is 0. The van der Waals surface area contributed by atoms with E-state index in [1.807, 2.05) is 0 Å². The second kappa shape index (κ2) is 1.58. The summed E-state index contributed by atoms with van der Waals surface area (Å²) < 4.78 is 4.72. The Morgan fingerprint density at radius 2 is 1.67 bits per heavy atom. The van der Waals surface area contributed by atoms with E-state index in [1.54, 1.807) is 21.0 Å². The van der Waals surface area contributed by atoms with E-state index in [9.17, 15) is 0 Å². The minimum Gasteiger partial charge on any atom is -0.365 e. The van der Waals surface area contributed by atoms with Crippen molar-refractivity contribution in [3.05, 3.63) is 0 Å². The van der Waals surface area contributed by atoms with Gasteiger partial charge in [-0.15, -0.1) is 0 Å². The molecule has 0 aromatic carbocycles. The monoisotopic (exact) mass is 89.1 g/mol. The molecule has 0 aliphatic rings. The SMILES string of the molecule is COC(C)(C)N. The fourth-order valence-corrected chi connectivity index (χ4v) is 0. The van der Waals surface area contributed by atoms with Crippen LogP contribution in [0.15, 0.2) is 0 Å². The van der Waals surface area contributed by atoms with Crippen molar-refractivity contribution in [2.45, 2.75) is 19.6 Å². The highest BCUT2D eigenvalue weighted by molar-refractivity contribution is 4.52. The van der Waals surface area contributed by atoms with Gasteiger partial charge in [0.2, 0.25) is 0 Å². The van der Waals surface area contributed by atoms with Crippen molar-refractivity contribution < 1.29 is 4.74 Å². The number of rotatable bonds is 1. The van der Waals surface area contributed by atoms with Crippen molar-refractivity contribution in [1.82, 2.24) is 0 Å². The van der Waals surface area contributed by atoms with Crippen LogP contribution in [0.1, 0.15) is 13.8 Å². The van der Waals surface area contributed by atoms with Gasteiger partial charge >= 0.3 is 0 Å². The average Bonchev–Trinajstić information content (AvgIpc) is 1.35. The van der Waals surface area contributed by atoms with Gasteiger partial charge in [0.05, 0.1) is 0 Å². The smallest absolute Gasteiger partial charge is 0.110 e. The highest BCUT2D eigenvalue weighted by Gasteiger charge is 2.04. The van der Waals surface area contributed by atoms with Crippen molar-refractivity contribution in [1.29, 1.82) is 0 Å². The number of methoxy groups -OCH3 is 1. The lowest BCUT2D eigenvalue weighted by Crippen LogP contribution is -2.33. The van der Waals surface area contributed by atoms with Crippen LogP contribution in [0.3, 0.4) is 0 Å². The van der Waals surface area contributed by atoms with Crippen molar-refractivity contribution in [2.75, 3.05) is 7.11 Å². The lowest BCUT2D eigenvalue weighted by molar-refractivity contribution is 0.0286. The molecule has 0 aromatic rings. The van der Waals surface area contributed by atoms with Gasteiger partial charge in [-0.25, -0.2) is 0 Å². The van der Waals surface area contributed by atoms with E-state index in [-0.39, 0.29) is 0 Å². The van der Waals surface area contributed by atoms with Gasteiger partial charge in [0.1, 0.15) is 5.72 Å². The Hall–Kier alpha value is -0.0800. The summed E-state index contributed by atoms with van der Waals surface area (Å²) in [6.07, 6.45) is 0. The third-order valence-electron chi connectivity index (χ3n) is 0.526. The first-order valence-corrected chi connectivity index (χ1v) is 1.90. The topological polar surface area (TPSA) is 35.2 Å². The third kappa shape index (κ3) is 3.92. The predicted octanol–water partition coefficient (Wildman–Crippen LogP) is 0.328. The first-order valence-electron chi connectivity index (χ1n) is 1.90. The van der Waals surface area contributed by atoms with Crippen molar-refractivity contribution >= 4 is 0 Å². The lowest BCUT2D eigenvalue weighted by atomic mass is 10.3. The van der Waals surface area contributed by atoms with Crippen LogP contribution in [0.2, 0.25) is 0 Å². The Morgan fingerprint density at radius 3 is 1.67 bits per heavy atom. The molecular weight excluding hydrogens is 78.0 g/mol. The van der Waals surface area contributed by atoms with Gasteiger partial charge in [-0.05, 0) is 13.8 Å². The minimum absolute atomic E-state index is 0.458. The Labute approximate surface area is 38.3 Å². The second-order valence-electron chi connectivity index (χ2n) is 1.81. The Balaban J connectivity index is 3.17. The zero-order valence-corrected chi connectivity index (χ0v) is 4.49. The lowest BCUT2D eigenvalue weighted by Gasteiger charge is -2.14. The van der Waals surface area contributed by atoms with E-state index in [1.165, 1.54) is 0 Å². The normalized spacial score (nSPS) is 12.0. The van der Waals surface area contributed by atoms with Crippen LogP contribution >= 0.6 is 0 Å². The summed E-state index contributed by atoms with van der Waals surface area (Å²) in [4.78, 5) is 0. The van der Waals surface area contributed by atoms with Crippen LogP contribution in [-0.2, 0) is 4.74 Å². The van der Waals surface area contributed by atoms with Crippen LogP contribution in [0.4, 0.5) is 0 Å². The summed E-state index contributed by atoms with van der Waals surface area (Å²) in [5, 5.41) is 0. The molecule has 0 radical (unpaired) electrons. The molecule has 0 saturated carbocycles. The number of hydrogen-bond donors (Lipinski definition) is 1. The molecule has 0 fully saturated rings. The third-order valence-corrected chi connectivity index (χ3v) is 0.526. The Morgan fingerprint density at radius 1 is 1.50 bits per heavy atom. The highest BCUT2D eigenvalue weighted by atomic mass is 16.5. The largest absolute Gasteiger partial charge is 0.365 e. The highest BCUT2D eigenvalue weighted by Crippen LogP contribution is 1.92. The van der Waals surface area contributed by atoms with Gasteiger partial charge in [-0.2, -0.15) is 0 Å². The summed E-state index contributed by atoms with van der Waals surface area (Å²) in [5.41, 5.74) is 4.85. The zero-order chi connectivity index (χ0) is 5.21. The van der Waals surface area contributed by atoms with E-state index < -0.39 is 5.72 Å². The van der Waals surface area contributed by atoms with E-state index in [2.05, 4.69) is 0 Å². The van der Waals surface area contributed by atoms with Gasteiger partial charge in [0.25, 0.3) is 0 Å². The van der Waals surface area contributed by atoms with Crippen LogP contribution in [0.5, 0.6) is 0 Å². The van der Waals surface area contributed by atoms with Crippen molar-refractivity contribution in [3.8, 4) is 0 Å². The van der Waals surface area contributed by atoms with Crippen molar-refractivity contribution in [2.24, 2.45) is 5.73 Å². The maximum Gasteiger partial charge on any atom is 0.110 e. The van der Waals surface area contributed by atoms with Gasteiger partial charge in [0, 0.05) is 7.11 Å². The molecule has 6 heavy (non-hydrogen) atoms. The quantitative estimate of drug-likeness (QED) is 0.470. The predicted molar refractivity (Wildman–Crippen MR) is 25.3 cm³/mol. The molecule has 0 atom stereocenters. The second-order valence-corrected chi connectivity index (χ2v) is 1.81. The molecule has 0 saturated heterocycles. The number of hydrogen-bond acceptors (Lipinski definition) is 2. The molecule has 0 aliphatic heterocycles. The van der Waals surface area contributed by atoms with Gasteiger partial charge in [-0.3, -0.25) is 0 Å². The first kappa shape index (κ1) is 5.92. The molecule has 0 spiro atoms. The summed E-state index contributed by atoms with van der Waals surface area (Å²) in [6.45, 7) is 3.60. The van der Waals surface area contributed by atoms with E-state index >= 15 is 0 Å². The molecule has 0 unspecified atom stereocenters. The first-order chi connectivity index (χ1) is 2.56. The van der Waals surface area contributed by atoms with E-state index in [0.717, 1.165) is 0 Å². The number of nitrogens with two attached hydrogens (primary N) is 1. The Bertz CT molecular complexity index is 37.3. The van der Waals surface area contributed by atoms with Gasteiger partial charge < -0.3 is 10.5 Å². The summed E-state index contributed by atoms with van der Waals surface area (Å²) >= 11 is 0. The maximum absolute atomic E-state index is 5.31. The minimum atomic E-state index is -0.458. The molecule has 0 bridgehead atoms. The fraction of sp³-hybridized carbons (Fsp3) is 1.00. The van der Waals surface area contributed by atoms with Crippen molar-refractivity contribution in [3.63, 3.8) is 0 Å². The molecule has 0 rings (SSSR count). The summed E-state index contributed by atoms with van der Waals surface area (Å²) in [5.74, 6) is 0. The molecule has 0 aliphatic carbocycles. The molecule has 0 heterocycles. The molecule has 0 aromatic heterocycles. The average molecular weight is 89.1 g/mol. The van der Waals surface area contributed by atoms with Crippen LogP contribution in [0.25, 0.3) is 0 Å². The number of ether oxygens (including phenoxy) is 1. The zero-order valence-electron chi connectivity index (χ0n) is 4.49. The standard InChI is InChI=1S/C4H11NO/c1-4(2,5)6-3/h5H2,1-3H3. The molecule has 0 amide bonds. The van der Waals surface area contributed by atoms with E-state index in [0.29, 0.717) is 0 Å². The van der Waals surface area contributed by atoms with Crippen LogP contribution in [0, 0.1) is 0 Å².